The Bertz CT molecular complexity index is 138. The summed E-state index contributed by atoms with van der Waals surface area (Å²) < 4.78 is 4.99. The topological polar surface area (TPSA) is 61.7 Å². The van der Waals surface area contributed by atoms with Crippen LogP contribution in [0.2, 0.25) is 0 Å². The van der Waals surface area contributed by atoms with Crippen molar-refractivity contribution in [3.05, 3.63) is 0 Å². The van der Waals surface area contributed by atoms with Crippen molar-refractivity contribution in [2.75, 3.05) is 20.3 Å². The summed E-state index contributed by atoms with van der Waals surface area (Å²) in [6.07, 6.45) is -0.622. The van der Waals surface area contributed by atoms with Gasteiger partial charge in [-0.05, 0) is 14.0 Å². The fourth-order valence-electron chi connectivity index (χ4n) is 1.49. The lowest BCUT2D eigenvalue weighted by atomic mass is 9.91. The van der Waals surface area contributed by atoms with Crippen LogP contribution in [0.3, 0.4) is 0 Å². The highest BCUT2D eigenvalue weighted by Gasteiger charge is 2.39. The third-order valence-corrected chi connectivity index (χ3v) is 2.05. The molecule has 0 radical (unpaired) electrons. The molecule has 66 valence electrons. The predicted molar refractivity (Wildman–Crippen MR) is 40.3 cm³/mol. The zero-order valence-electron chi connectivity index (χ0n) is 6.87. The van der Waals surface area contributed by atoms with E-state index in [1.165, 1.54) is 0 Å². The van der Waals surface area contributed by atoms with E-state index in [2.05, 4.69) is 5.32 Å². The van der Waals surface area contributed by atoms with Gasteiger partial charge in [-0.15, -0.1) is 0 Å². The van der Waals surface area contributed by atoms with Gasteiger partial charge in [0.1, 0.15) is 5.60 Å². The molecule has 1 rings (SSSR count). The van der Waals surface area contributed by atoms with Gasteiger partial charge >= 0.3 is 0 Å². The molecule has 0 saturated carbocycles. The van der Waals surface area contributed by atoms with Crippen LogP contribution in [0.4, 0.5) is 0 Å². The van der Waals surface area contributed by atoms with Gasteiger partial charge in [0.25, 0.3) is 0 Å². The lowest BCUT2D eigenvalue weighted by Crippen LogP contribution is -2.61. The normalized spacial score (nSPS) is 45.8. The van der Waals surface area contributed by atoms with Gasteiger partial charge < -0.3 is 20.3 Å². The average Bonchev–Trinajstić information content (AvgIpc) is 1.86. The van der Waals surface area contributed by atoms with E-state index in [0.29, 0.717) is 6.61 Å². The first kappa shape index (κ1) is 8.93. The molecule has 4 nitrogen and oxygen atoms in total. The maximum Gasteiger partial charge on any atom is 0.103 e. The molecular formula is C7H15NO3. The van der Waals surface area contributed by atoms with Crippen LogP contribution in [0.15, 0.2) is 0 Å². The highest BCUT2D eigenvalue weighted by molar-refractivity contribution is 4.94. The second kappa shape index (κ2) is 3.06. The van der Waals surface area contributed by atoms with Crippen LogP contribution in [-0.2, 0) is 4.74 Å². The number of ether oxygens (including phenoxy) is 1. The lowest BCUT2D eigenvalue weighted by molar-refractivity contribution is -0.144. The zero-order chi connectivity index (χ0) is 8.48. The van der Waals surface area contributed by atoms with Crippen molar-refractivity contribution in [2.24, 2.45) is 0 Å². The molecule has 0 spiro atoms. The number of nitrogens with one attached hydrogen (secondary N) is 1. The Morgan fingerprint density at radius 1 is 1.64 bits per heavy atom. The second-order valence-electron chi connectivity index (χ2n) is 3.21. The fourth-order valence-corrected chi connectivity index (χ4v) is 1.49. The van der Waals surface area contributed by atoms with E-state index in [-0.39, 0.29) is 12.6 Å². The van der Waals surface area contributed by atoms with E-state index < -0.39 is 11.7 Å². The van der Waals surface area contributed by atoms with Gasteiger partial charge in [0, 0.05) is 0 Å². The number of hydrogen-bond donors (Lipinski definition) is 3. The van der Waals surface area contributed by atoms with Crippen LogP contribution in [0.5, 0.6) is 0 Å². The van der Waals surface area contributed by atoms with E-state index >= 15 is 0 Å². The first-order valence-electron chi connectivity index (χ1n) is 3.73. The number of aliphatic hydroxyl groups excluding tert-OH is 1. The van der Waals surface area contributed by atoms with E-state index in [1.807, 2.05) is 0 Å². The Morgan fingerprint density at radius 2 is 2.27 bits per heavy atom. The molecule has 0 aromatic heterocycles. The predicted octanol–water partition coefficient (Wildman–Crippen LogP) is -1.28. The summed E-state index contributed by atoms with van der Waals surface area (Å²) in [6, 6.07) is -0.295. The highest BCUT2D eigenvalue weighted by atomic mass is 16.5. The zero-order valence-corrected chi connectivity index (χ0v) is 6.87. The SMILES string of the molecule is CNC1C(O)COCC1(C)O. The Morgan fingerprint density at radius 3 is 2.64 bits per heavy atom. The molecule has 0 aliphatic carbocycles. The van der Waals surface area contributed by atoms with Crippen LogP contribution >= 0.6 is 0 Å². The molecule has 3 unspecified atom stereocenters. The Hall–Kier alpha value is -0.160. The molecule has 1 aliphatic heterocycles. The Balaban J connectivity index is 2.64. The molecule has 0 aromatic rings. The number of hydrogen-bond acceptors (Lipinski definition) is 4. The van der Waals surface area contributed by atoms with E-state index in [0.717, 1.165) is 0 Å². The summed E-state index contributed by atoms with van der Waals surface area (Å²) in [5.74, 6) is 0. The van der Waals surface area contributed by atoms with E-state index in [9.17, 15) is 10.2 Å². The van der Waals surface area contributed by atoms with Gasteiger partial charge in [-0.3, -0.25) is 0 Å². The molecule has 0 bridgehead atoms. The fraction of sp³-hybridized carbons (Fsp3) is 1.00. The number of aliphatic hydroxyl groups is 2. The largest absolute Gasteiger partial charge is 0.389 e. The molecule has 0 aromatic carbocycles. The summed E-state index contributed by atoms with van der Waals surface area (Å²) in [5, 5.41) is 21.9. The van der Waals surface area contributed by atoms with Crippen LogP contribution < -0.4 is 5.32 Å². The van der Waals surface area contributed by atoms with Crippen molar-refractivity contribution >= 4 is 0 Å². The third-order valence-electron chi connectivity index (χ3n) is 2.05. The maximum absolute atomic E-state index is 9.66. The van der Waals surface area contributed by atoms with Gasteiger partial charge in [-0.2, -0.15) is 0 Å². The second-order valence-corrected chi connectivity index (χ2v) is 3.21. The molecule has 1 fully saturated rings. The third kappa shape index (κ3) is 1.70. The minimum absolute atomic E-state index is 0.273. The maximum atomic E-state index is 9.66. The van der Waals surface area contributed by atoms with Gasteiger partial charge in [0.15, 0.2) is 0 Å². The van der Waals surface area contributed by atoms with Crippen LogP contribution in [-0.4, -0.2) is 48.2 Å². The number of likely N-dealkylation sites (N-methyl/N-ethyl adjacent to an activating group) is 1. The van der Waals surface area contributed by atoms with Gasteiger partial charge in [-0.1, -0.05) is 0 Å². The monoisotopic (exact) mass is 161 g/mol. The molecule has 1 aliphatic rings. The van der Waals surface area contributed by atoms with E-state index in [4.69, 9.17) is 4.74 Å². The first-order valence-corrected chi connectivity index (χ1v) is 3.73. The summed E-state index contributed by atoms with van der Waals surface area (Å²) >= 11 is 0. The average molecular weight is 161 g/mol. The van der Waals surface area contributed by atoms with Crippen LogP contribution in [0.1, 0.15) is 6.92 Å². The van der Waals surface area contributed by atoms with Crippen LogP contribution in [0, 0.1) is 0 Å². The summed E-state index contributed by atoms with van der Waals surface area (Å²) in [4.78, 5) is 0. The standard InChI is InChI=1S/C7H15NO3/c1-7(10)4-11-3-5(9)6(7)8-2/h5-6,8-10H,3-4H2,1-2H3. The van der Waals surface area contributed by atoms with Crippen molar-refractivity contribution in [3.8, 4) is 0 Å². The molecule has 1 heterocycles. The van der Waals surface area contributed by atoms with Crippen molar-refractivity contribution in [2.45, 2.75) is 24.7 Å². The molecular weight excluding hydrogens is 146 g/mol. The lowest BCUT2D eigenvalue weighted by Gasteiger charge is -2.39. The minimum Gasteiger partial charge on any atom is -0.389 e. The smallest absolute Gasteiger partial charge is 0.103 e. The summed E-state index contributed by atoms with van der Waals surface area (Å²) in [6.45, 7) is 2.22. The summed E-state index contributed by atoms with van der Waals surface area (Å²) in [5.41, 5.74) is -0.966. The van der Waals surface area contributed by atoms with Crippen molar-refractivity contribution in [1.82, 2.24) is 5.32 Å². The molecule has 11 heavy (non-hydrogen) atoms. The number of rotatable bonds is 1. The summed E-state index contributed by atoms with van der Waals surface area (Å²) in [7, 11) is 1.72. The van der Waals surface area contributed by atoms with Gasteiger partial charge in [-0.25, -0.2) is 0 Å². The van der Waals surface area contributed by atoms with Crippen molar-refractivity contribution < 1.29 is 14.9 Å². The molecule has 1 saturated heterocycles. The first-order chi connectivity index (χ1) is 5.08. The van der Waals surface area contributed by atoms with Crippen molar-refractivity contribution in [3.63, 3.8) is 0 Å². The Labute approximate surface area is 66.2 Å². The van der Waals surface area contributed by atoms with Gasteiger partial charge in [0.05, 0.1) is 25.4 Å². The highest BCUT2D eigenvalue weighted by Crippen LogP contribution is 2.18. The minimum atomic E-state index is -0.966. The van der Waals surface area contributed by atoms with Crippen LogP contribution in [0.25, 0.3) is 0 Å². The molecule has 3 atom stereocenters. The Kier molecular flexibility index (Phi) is 2.49. The van der Waals surface area contributed by atoms with E-state index in [1.54, 1.807) is 14.0 Å². The quantitative estimate of drug-likeness (QED) is 0.448. The molecule has 0 amide bonds. The van der Waals surface area contributed by atoms with Gasteiger partial charge in [0.2, 0.25) is 0 Å². The molecule has 4 heteroatoms. The van der Waals surface area contributed by atoms with Crippen molar-refractivity contribution in [1.29, 1.82) is 0 Å². The molecule has 3 N–H and O–H groups in total.